The lowest BCUT2D eigenvalue weighted by Crippen LogP contribution is -2.09. The summed E-state index contributed by atoms with van der Waals surface area (Å²) in [5, 5.41) is 4.72. The SMILES string of the molecule is CCCCCSC(=O)N=c1ccn(-c2ccccc2)nc1. The first-order chi connectivity index (χ1) is 10.3. The van der Waals surface area contributed by atoms with Crippen LogP contribution in [0, 0.1) is 0 Å². The fourth-order valence-electron chi connectivity index (χ4n) is 1.80. The van der Waals surface area contributed by atoms with Crippen LogP contribution < -0.4 is 5.36 Å². The Hall–Kier alpha value is -1.88. The van der Waals surface area contributed by atoms with Crippen LogP contribution in [0.25, 0.3) is 5.69 Å². The van der Waals surface area contributed by atoms with Gasteiger partial charge in [0.05, 0.1) is 17.2 Å². The summed E-state index contributed by atoms with van der Waals surface area (Å²) in [5.74, 6) is 0.834. The van der Waals surface area contributed by atoms with Crippen molar-refractivity contribution in [2.45, 2.75) is 26.2 Å². The summed E-state index contributed by atoms with van der Waals surface area (Å²) in [7, 11) is 0. The maximum absolute atomic E-state index is 11.7. The minimum Gasteiger partial charge on any atom is -0.259 e. The molecule has 4 nitrogen and oxygen atoms in total. The Labute approximate surface area is 128 Å². The monoisotopic (exact) mass is 301 g/mol. The van der Waals surface area contributed by atoms with Crippen LogP contribution in [-0.2, 0) is 0 Å². The van der Waals surface area contributed by atoms with Crippen LogP contribution in [0.1, 0.15) is 26.2 Å². The average molecular weight is 301 g/mol. The fraction of sp³-hybridized carbons (Fsp3) is 0.312. The average Bonchev–Trinajstić information content (AvgIpc) is 2.53. The van der Waals surface area contributed by atoms with Gasteiger partial charge in [0.25, 0.3) is 0 Å². The van der Waals surface area contributed by atoms with Crippen molar-refractivity contribution in [1.82, 2.24) is 9.78 Å². The number of hydrogen-bond acceptors (Lipinski definition) is 3. The lowest BCUT2D eigenvalue weighted by atomic mass is 10.3. The number of benzene rings is 1. The first kappa shape index (κ1) is 15.5. The summed E-state index contributed by atoms with van der Waals surface area (Å²) in [6, 6.07) is 11.6. The van der Waals surface area contributed by atoms with Gasteiger partial charge in [0.15, 0.2) is 0 Å². The molecule has 0 spiro atoms. The zero-order chi connectivity index (χ0) is 14.9. The van der Waals surface area contributed by atoms with Gasteiger partial charge in [-0.15, -0.1) is 0 Å². The number of nitrogens with zero attached hydrogens (tertiary/aromatic N) is 3. The van der Waals surface area contributed by atoms with E-state index >= 15 is 0 Å². The molecule has 21 heavy (non-hydrogen) atoms. The van der Waals surface area contributed by atoms with E-state index < -0.39 is 0 Å². The summed E-state index contributed by atoms with van der Waals surface area (Å²) in [4.78, 5) is 15.7. The van der Waals surface area contributed by atoms with Crippen molar-refractivity contribution in [1.29, 1.82) is 0 Å². The molecular formula is C16H19N3OS. The molecule has 1 heterocycles. The lowest BCUT2D eigenvalue weighted by molar-refractivity contribution is 0.267. The van der Waals surface area contributed by atoms with Gasteiger partial charge in [-0.25, -0.2) is 9.67 Å². The Bertz CT molecular complexity index is 617. The second-order valence-electron chi connectivity index (χ2n) is 4.60. The van der Waals surface area contributed by atoms with Crippen LogP contribution in [0.15, 0.2) is 53.8 Å². The molecule has 0 aliphatic heterocycles. The maximum atomic E-state index is 11.7. The van der Waals surface area contributed by atoms with Crippen LogP contribution in [0.2, 0.25) is 0 Å². The molecule has 1 aromatic heterocycles. The van der Waals surface area contributed by atoms with E-state index in [0.29, 0.717) is 5.36 Å². The van der Waals surface area contributed by atoms with Crippen molar-refractivity contribution in [3.63, 3.8) is 0 Å². The molecule has 0 fully saturated rings. The van der Waals surface area contributed by atoms with Gasteiger partial charge < -0.3 is 0 Å². The second-order valence-corrected chi connectivity index (χ2v) is 5.64. The van der Waals surface area contributed by atoms with Gasteiger partial charge in [-0.3, -0.25) is 4.79 Å². The van der Waals surface area contributed by atoms with Gasteiger partial charge in [-0.05, 0) is 24.6 Å². The van der Waals surface area contributed by atoms with Gasteiger partial charge in [0.1, 0.15) is 0 Å². The largest absolute Gasteiger partial charge is 0.305 e. The molecule has 0 aliphatic carbocycles. The summed E-state index contributed by atoms with van der Waals surface area (Å²) in [5.41, 5.74) is 0.976. The topological polar surface area (TPSA) is 47.2 Å². The molecular weight excluding hydrogens is 282 g/mol. The van der Waals surface area contributed by atoms with Crippen molar-refractivity contribution < 1.29 is 4.79 Å². The standard InChI is InChI=1S/C16H19N3OS/c1-2-3-7-12-21-16(20)18-14-10-11-19(17-13-14)15-8-5-4-6-9-15/h4-6,8-11,13H,2-3,7,12H2,1H3. The number of carbonyl (C=O) groups is 1. The molecule has 2 aromatic rings. The van der Waals surface area contributed by atoms with Crippen molar-refractivity contribution in [2.24, 2.45) is 4.99 Å². The minimum atomic E-state index is -0.148. The van der Waals surface area contributed by atoms with Crippen molar-refractivity contribution in [2.75, 3.05) is 5.75 Å². The molecule has 0 N–H and O–H groups in total. The molecule has 5 heteroatoms. The quantitative estimate of drug-likeness (QED) is 0.789. The first-order valence-electron chi connectivity index (χ1n) is 7.11. The summed E-state index contributed by atoms with van der Waals surface area (Å²) < 4.78 is 1.75. The van der Waals surface area contributed by atoms with E-state index in [2.05, 4.69) is 17.0 Å². The Morgan fingerprint density at radius 3 is 2.71 bits per heavy atom. The van der Waals surface area contributed by atoms with Gasteiger partial charge in [0, 0.05) is 11.9 Å². The van der Waals surface area contributed by atoms with Crippen LogP contribution >= 0.6 is 11.8 Å². The lowest BCUT2D eigenvalue weighted by Gasteiger charge is -2.03. The Kier molecular flexibility index (Phi) is 6.22. The first-order valence-corrected chi connectivity index (χ1v) is 8.10. The molecule has 0 saturated heterocycles. The third kappa shape index (κ3) is 5.19. The van der Waals surface area contributed by atoms with Crippen LogP contribution in [0.4, 0.5) is 4.79 Å². The van der Waals surface area contributed by atoms with E-state index in [9.17, 15) is 4.79 Å². The molecule has 0 unspecified atom stereocenters. The van der Waals surface area contributed by atoms with E-state index in [1.165, 1.54) is 11.8 Å². The molecule has 1 amide bonds. The fourth-order valence-corrected chi connectivity index (χ4v) is 2.49. The smallest absolute Gasteiger partial charge is 0.259 e. The van der Waals surface area contributed by atoms with Gasteiger partial charge >= 0.3 is 5.24 Å². The second kappa shape index (κ2) is 8.42. The minimum absolute atomic E-state index is 0.148. The number of unbranched alkanes of at least 4 members (excludes halogenated alkanes) is 2. The Balaban J connectivity index is 1.98. The zero-order valence-corrected chi connectivity index (χ0v) is 12.9. The van der Waals surface area contributed by atoms with E-state index in [-0.39, 0.29) is 5.24 Å². The third-order valence-electron chi connectivity index (χ3n) is 2.92. The molecule has 0 aliphatic rings. The summed E-state index contributed by atoms with van der Waals surface area (Å²) >= 11 is 1.27. The van der Waals surface area contributed by atoms with Crippen molar-refractivity contribution in [3.05, 3.63) is 54.1 Å². The van der Waals surface area contributed by atoms with Crippen molar-refractivity contribution in [3.8, 4) is 5.69 Å². The number of rotatable bonds is 5. The number of para-hydroxylation sites is 1. The molecule has 1 aromatic carbocycles. The van der Waals surface area contributed by atoms with Gasteiger partial charge in [-0.1, -0.05) is 49.7 Å². The highest BCUT2D eigenvalue weighted by molar-refractivity contribution is 8.13. The van der Waals surface area contributed by atoms with Crippen molar-refractivity contribution >= 4 is 17.0 Å². The zero-order valence-electron chi connectivity index (χ0n) is 12.1. The molecule has 0 bridgehead atoms. The third-order valence-corrected chi connectivity index (χ3v) is 3.75. The molecule has 0 atom stereocenters. The number of hydrogen-bond donors (Lipinski definition) is 0. The highest BCUT2D eigenvalue weighted by Gasteiger charge is 1.99. The number of thioether (sulfide) groups is 1. The normalized spacial score (nSPS) is 11.6. The van der Waals surface area contributed by atoms with E-state index in [1.807, 2.05) is 36.5 Å². The van der Waals surface area contributed by atoms with E-state index in [0.717, 1.165) is 30.7 Å². The predicted octanol–water partition coefficient (Wildman–Crippen LogP) is 3.82. The van der Waals surface area contributed by atoms with E-state index in [1.54, 1.807) is 16.9 Å². The van der Waals surface area contributed by atoms with Crippen LogP contribution in [0.3, 0.4) is 0 Å². The highest BCUT2D eigenvalue weighted by atomic mass is 32.2. The van der Waals surface area contributed by atoms with Gasteiger partial charge in [0.2, 0.25) is 0 Å². The molecule has 0 radical (unpaired) electrons. The Morgan fingerprint density at radius 1 is 1.24 bits per heavy atom. The number of carbonyl (C=O) groups excluding carboxylic acids is 1. The molecule has 110 valence electrons. The molecule has 2 rings (SSSR count). The van der Waals surface area contributed by atoms with Crippen LogP contribution in [0.5, 0.6) is 0 Å². The summed E-state index contributed by atoms with van der Waals surface area (Å²) in [6.45, 7) is 2.15. The van der Waals surface area contributed by atoms with E-state index in [4.69, 9.17) is 0 Å². The Morgan fingerprint density at radius 2 is 2.05 bits per heavy atom. The summed E-state index contributed by atoms with van der Waals surface area (Å²) in [6.07, 6.45) is 6.79. The highest BCUT2D eigenvalue weighted by Crippen LogP contribution is 2.08. The number of aromatic nitrogens is 2. The van der Waals surface area contributed by atoms with Gasteiger partial charge in [-0.2, -0.15) is 5.10 Å². The maximum Gasteiger partial charge on any atom is 0.305 e. The molecule has 0 saturated carbocycles. The predicted molar refractivity (Wildman–Crippen MR) is 86.5 cm³/mol. The van der Waals surface area contributed by atoms with Crippen LogP contribution in [-0.4, -0.2) is 20.8 Å². The number of amides is 1.